The van der Waals surface area contributed by atoms with Gasteiger partial charge in [-0.1, -0.05) is 12.8 Å². The van der Waals surface area contributed by atoms with Gasteiger partial charge >= 0.3 is 0 Å². The van der Waals surface area contributed by atoms with E-state index in [0.717, 1.165) is 96.2 Å². The van der Waals surface area contributed by atoms with Gasteiger partial charge in [-0.05, 0) is 112 Å². The van der Waals surface area contributed by atoms with Gasteiger partial charge in [-0.3, -0.25) is 19.2 Å². The molecule has 11 rings (SSSR count). The lowest BCUT2D eigenvalue weighted by Gasteiger charge is -2.44. The number of nitrogens with zero attached hydrogens (tertiary/aromatic N) is 4. The quantitative estimate of drug-likeness (QED) is 0.122. The highest BCUT2D eigenvalue weighted by atomic mass is 32.1. The predicted molar refractivity (Wildman–Crippen MR) is 229 cm³/mol. The van der Waals surface area contributed by atoms with Crippen molar-refractivity contribution in [3.8, 4) is 56.7 Å². The summed E-state index contributed by atoms with van der Waals surface area (Å²) in [6, 6.07) is 21.4. The Morgan fingerprint density at radius 2 is 0.774 bits per heavy atom. The third kappa shape index (κ3) is 5.34. The van der Waals surface area contributed by atoms with Gasteiger partial charge in [0.15, 0.2) is 23.1 Å². The molecule has 0 N–H and O–H groups in total. The Morgan fingerprint density at radius 3 is 1.08 bits per heavy atom. The monoisotopic (exact) mass is 846 g/mol. The van der Waals surface area contributed by atoms with Crippen molar-refractivity contribution in [3.05, 3.63) is 125 Å². The molecule has 2 fully saturated rings. The van der Waals surface area contributed by atoms with Gasteiger partial charge in [0.2, 0.25) is 0 Å². The number of allylic oxidation sites excluding steroid dienone is 2. The summed E-state index contributed by atoms with van der Waals surface area (Å²) in [5.74, 6) is -0.500. The van der Waals surface area contributed by atoms with Crippen molar-refractivity contribution in [2.24, 2.45) is 0 Å². The predicted octanol–water partition coefficient (Wildman–Crippen LogP) is 10.7. The molecular formula is C50H30N4O6S2. The smallest absolute Gasteiger partial charge is 0.197 e. The summed E-state index contributed by atoms with van der Waals surface area (Å²) in [5, 5.41) is 38.3. The lowest BCUT2D eigenvalue weighted by atomic mass is 9.76. The molecular weight excluding hydrogens is 817 g/mol. The number of carbonyl (C=O) groups excluding carboxylic acids is 4. The maximum Gasteiger partial charge on any atom is 0.197 e. The number of ether oxygens (including phenoxy) is 2. The van der Waals surface area contributed by atoms with Crippen molar-refractivity contribution >= 4 is 58.0 Å². The fourth-order valence-electron chi connectivity index (χ4n) is 10.3. The van der Waals surface area contributed by atoms with Gasteiger partial charge in [-0.25, -0.2) is 0 Å². The summed E-state index contributed by atoms with van der Waals surface area (Å²) >= 11 is 2.98. The average Bonchev–Trinajstić information content (AvgIpc) is 4.04. The van der Waals surface area contributed by atoms with Crippen LogP contribution in [0.25, 0.3) is 33.0 Å². The summed E-state index contributed by atoms with van der Waals surface area (Å²) in [7, 11) is 0. The number of hydrogen-bond acceptors (Lipinski definition) is 12. The summed E-state index contributed by atoms with van der Waals surface area (Å²) < 4.78 is 14.3. The van der Waals surface area contributed by atoms with Crippen LogP contribution in [0.1, 0.15) is 149 Å². The highest BCUT2D eigenvalue weighted by molar-refractivity contribution is 7.17. The molecule has 0 unspecified atom stereocenters. The van der Waals surface area contributed by atoms with Crippen LogP contribution in [0, 0.1) is 45.3 Å². The average molecular weight is 847 g/mol. The van der Waals surface area contributed by atoms with E-state index in [1.807, 2.05) is 36.4 Å². The van der Waals surface area contributed by atoms with Gasteiger partial charge < -0.3 is 9.47 Å². The van der Waals surface area contributed by atoms with E-state index in [4.69, 9.17) is 9.47 Å². The summed E-state index contributed by atoms with van der Waals surface area (Å²) in [6.45, 7) is 0. The molecule has 2 aliphatic heterocycles. The Labute approximate surface area is 363 Å². The Bertz CT molecular complexity index is 2900. The van der Waals surface area contributed by atoms with Gasteiger partial charge in [0.1, 0.15) is 47.0 Å². The largest absolute Gasteiger partial charge is 0.482 e. The highest BCUT2D eigenvalue weighted by Crippen LogP contribution is 2.60. The van der Waals surface area contributed by atoms with Crippen LogP contribution in [0.3, 0.4) is 0 Å². The van der Waals surface area contributed by atoms with Gasteiger partial charge in [0.25, 0.3) is 0 Å². The minimum atomic E-state index is -0.624. The lowest BCUT2D eigenvalue weighted by molar-refractivity contribution is 0.0203. The van der Waals surface area contributed by atoms with Crippen LogP contribution in [0.2, 0.25) is 0 Å². The molecule has 10 nitrogen and oxygen atoms in total. The number of benzene rings is 3. The standard InChI is InChI=1S/C50H30N4O6S2/c51-21-25-11-31-32(12-26(25)22-52)44(56)37(43(31)55)15-29-17-39-47(61-29)35-20-42-36(19-41(35)59-49(39)7-3-1-4-8-49)48-40(50(60-42)9-5-2-6-10-50)18-30(62-48)16-38-45(57)33-13-27(23-53)28(24-54)14-34(33)46(38)58/h11-20H,1-10H2. The van der Waals surface area contributed by atoms with E-state index >= 15 is 0 Å². The molecule has 62 heavy (non-hydrogen) atoms. The van der Waals surface area contributed by atoms with Gasteiger partial charge in [-0.2, -0.15) is 21.0 Å². The topological polar surface area (TPSA) is 182 Å². The zero-order chi connectivity index (χ0) is 42.7. The normalized spacial score (nSPS) is 18.2. The van der Waals surface area contributed by atoms with E-state index in [9.17, 15) is 40.2 Å². The second kappa shape index (κ2) is 13.6. The zero-order valence-electron chi connectivity index (χ0n) is 32.9. The molecule has 0 saturated heterocycles. The first kappa shape index (κ1) is 37.8. The van der Waals surface area contributed by atoms with E-state index in [0.29, 0.717) is 21.3 Å². The van der Waals surface area contributed by atoms with Crippen molar-refractivity contribution < 1.29 is 28.7 Å². The molecule has 2 aromatic heterocycles. The maximum atomic E-state index is 13.7. The van der Waals surface area contributed by atoms with Gasteiger partial charge in [0, 0.05) is 64.0 Å². The van der Waals surface area contributed by atoms with Gasteiger partial charge in [0.05, 0.1) is 33.4 Å². The minimum absolute atomic E-state index is 0.0101. The number of fused-ring (bicyclic) bond motifs is 10. The number of rotatable bonds is 2. The second-order valence-corrected chi connectivity index (χ2v) is 18.9. The van der Waals surface area contributed by atoms with Crippen LogP contribution in [0.4, 0.5) is 0 Å². The van der Waals surface area contributed by atoms with Crippen LogP contribution in [-0.4, -0.2) is 23.1 Å². The fraction of sp³-hybridized carbons (Fsp3) is 0.240. The number of hydrogen-bond donors (Lipinski definition) is 0. The Balaban J connectivity index is 1.02. The van der Waals surface area contributed by atoms with Crippen LogP contribution in [-0.2, 0) is 11.2 Å². The van der Waals surface area contributed by atoms with E-state index in [1.165, 1.54) is 46.9 Å². The Morgan fingerprint density at radius 1 is 0.452 bits per heavy atom. The summed E-state index contributed by atoms with van der Waals surface area (Å²) in [4.78, 5) is 58.1. The molecule has 0 bridgehead atoms. The summed E-state index contributed by atoms with van der Waals surface area (Å²) in [5.41, 5.74) is 3.17. The highest BCUT2D eigenvalue weighted by Gasteiger charge is 2.47. The molecule has 0 amide bonds. The lowest BCUT2D eigenvalue weighted by Crippen LogP contribution is -2.38. The molecule has 0 radical (unpaired) electrons. The Kier molecular flexibility index (Phi) is 8.31. The Hall–Kier alpha value is -7.22. The van der Waals surface area contributed by atoms with E-state index in [1.54, 1.807) is 12.2 Å². The molecule has 4 heterocycles. The number of ketones is 4. The van der Waals surface area contributed by atoms with E-state index in [-0.39, 0.29) is 55.7 Å². The van der Waals surface area contributed by atoms with Crippen molar-refractivity contribution in [1.82, 2.24) is 0 Å². The first-order chi connectivity index (χ1) is 30.1. The fourth-order valence-corrected chi connectivity index (χ4v) is 12.7. The van der Waals surface area contributed by atoms with Crippen LogP contribution >= 0.6 is 22.7 Å². The van der Waals surface area contributed by atoms with Crippen LogP contribution < -0.4 is 9.47 Å². The molecule has 4 aliphatic carbocycles. The van der Waals surface area contributed by atoms with Crippen molar-refractivity contribution in [2.75, 3.05) is 0 Å². The van der Waals surface area contributed by atoms with Crippen molar-refractivity contribution in [3.63, 3.8) is 0 Å². The third-order valence-electron chi connectivity index (χ3n) is 13.3. The number of nitriles is 4. The second-order valence-electron chi connectivity index (χ2n) is 16.7. The number of carbonyl (C=O) groups is 4. The van der Waals surface area contributed by atoms with Crippen LogP contribution in [0.5, 0.6) is 11.5 Å². The first-order valence-corrected chi connectivity index (χ1v) is 22.2. The molecule has 2 saturated carbocycles. The minimum Gasteiger partial charge on any atom is -0.482 e. The molecule has 3 aromatic carbocycles. The van der Waals surface area contributed by atoms with Crippen LogP contribution in [0.15, 0.2) is 59.7 Å². The van der Waals surface area contributed by atoms with E-state index in [2.05, 4.69) is 12.1 Å². The van der Waals surface area contributed by atoms with E-state index < -0.39 is 34.3 Å². The SMILES string of the molecule is N#Cc1cc2c(cc1C#N)C(=O)C(=Cc1cc3c(s1)-c1cc4c(cc1OC31CCCCC1)-c1sc(C=C3C(=O)c5cc(C#N)c(C#N)cc5C3=O)cc1C1(CCCCC1)O4)C2=O. The summed E-state index contributed by atoms with van der Waals surface area (Å²) in [6.07, 6.45) is 12.5. The number of Topliss-reactive ketones (excluding diaryl/α,β-unsaturated/α-hetero) is 4. The molecule has 6 aliphatic rings. The molecule has 2 spiro atoms. The van der Waals surface area contributed by atoms with Crippen molar-refractivity contribution in [1.29, 1.82) is 21.0 Å². The zero-order valence-corrected chi connectivity index (χ0v) is 34.5. The van der Waals surface area contributed by atoms with Crippen molar-refractivity contribution in [2.45, 2.75) is 75.4 Å². The molecule has 12 heteroatoms. The van der Waals surface area contributed by atoms with Gasteiger partial charge in [-0.15, -0.1) is 22.7 Å². The molecule has 0 atom stereocenters. The third-order valence-corrected chi connectivity index (χ3v) is 15.5. The maximum absolute atomic E-state index is 13.7. The number of thiophene rings is 2. The molecule has 298 valence electrons. The molecule has 5 aromatic rings. The first-order valence-electron chi connectivity index (χ1n) is 20.5.